The number of carbonyl (C=O) groups is 1. The van der Waals surface area contributed by atoms with Crippen molar-refractivity contribution in [3.05, 3.63) is 54.1 Å². The Labute approximate surface area is 148 Å². The molecule has 128 valence electrons. The van der Waals surface area contributed by atoms with E-state index < -0.39 is 0 Å². The molecule has 0 saturated heterocycles. The summed E-state index contributed by atoms with van der Waals surface area (Å²) in [7, 11) is 0. The number of hydrogen-bond donors (Lipinski definition) is 1. The number of benzene rings is 2. The number of anilines is 1. The van der Waals surface area contributed by atoms with Crippen molar-refractivity contribution < 1.29 is 9.53 Å². The molecule has 1 N–H and O–H groups in total. The van der Waals surface area contributed by atoms with E-state index in [0.29, 0.717) is 17.4 Å². The van der Waals surface area contributed by atoms with Crippen molar-refractivity contribution in [2.45, 2.75) is 44.4 Å². The first-order chi connectivity index (χ1) is 12.3. The lowest BCUT2D eigenvalue weighted by Gasteiger charge is -2.24. The van der Waals surface area contributed by atoms with Gasteiger partial charge in [0.2, 0.25) is 5.91 Å². The minimum Gasteiger partial charge on any atom is -0.455 e. The van der Waals surface area contributed by atoms with E-state index in [4.69, 9.17) is 10.00 Å². The van der Waals surface area contributed by atoms with Crippen LogP contribution in [0, 0.1) is 11.3 Å². The third kappa shape index (κ3) is 4.39. The first kappa shape index (κ1) is 17.0. The van der Waals surface area contributed by atoms with Gasteiger partial charge in [-0.05, 0) is 42.5 Å². The molecule has 4 heteroatoms. The predicted octanol–water partition coefficient (Wildman–Crippen LogP) is 5.38. The average Bonchev–Trinajstić information content (AvgIpc) is 2.65. The van der Waals surface area contributed by atoms with Crippen LogP contribution in [0.4, 0.5) is 5.69 Å². The van der Waals surface area contributed by atoms with Gasteiger partial charge in [-0.15, -0.1) is 0 Å². The number of ether oxygens (including phenoxy) is 1. The summed E-state index contributed by atoms with van der Waals surface area (Å²) in [5.41, 5.74) is 1.82. The topological polar surface area (TPSA) is 62.1 Å². The number of amides is 1. The fourth-order valence-corrected chi connectivity index (χ4v) is 3.37. The molecule has 0 aromatic heterocycles. The Morgan fingerprint density at radius 2 is 1.72 bits per heavy atom. The van der Waals surface area contributed by atoms with Crippen LogP contribution >= 0.6 is 0 Å². The van der Waals surface area contributed by atoms with E-state index >= 15 is 0 Å². The van der Waals surface area contributed by atoms with Gasteiger partial charge in [-0.25, -0.2) is 0 Å². The Morgan fingerprint density at radius 3 is 2.48 bits per heavy atom. The first-order valence-corrected chi connectivity index (χ1v) is 8.80. The molecule has 0 unspecified atom stereocenters. The van der Waals surface area contributed by atoms with E-state index in [1.54, 1.807) is 6.07 Å². The van der Waals surface area contributed by atoms with Gasteiger partial charge in [-0.3, -0.25) is 4.79 Å². The molecule has 0 heterocycles. The van der Waals surface area contributed by atoms with Gasteiger partial charge >= 0.3 is 0 Å². The van der Waals surface area contributed by atoms with Crippen molar-refractivity contribution in [1.29, 1.82) is 5.26 Å². The third-order valence-electron chi connectivity index (χ3n) is 4.58. The molecule has 4 nitrogen and oxygen atoms in total. The summed E-state index contributed by atoms with van der Waals surface area (Å²) in [4.78, 5) is 11.7. The summed E-state index contributed by atoms with van der Waals surface area (Å²) in [6, 6.07) is 17.3. The van der Waals surface area contributed by atoms with Crippen molar-refractivity contribution in [3.63, 3.8) is 0 Å². The number of nitrogens with one attached hydrogen (secondary N) is 1. The van der Waals surface area contributed by atoms with Crippen molar-refractivity contribution in [3.8, 4) is 17.6 Å². The molecular formula is C21H22N2O2. The van der Waals surface area contributed by atoms with Crippen LogP contribution in [0.5, 0.6) is 11.5 Å². The largest absolute Gasteiger partial charge is 0.455 e. The number of para-hydroxylation sites is 3. The van der Waals surface area contributed by atoms with Crippen LogP contribution in [0.25, 0.3) is 0 Å². The van der Waals surface area contributed by atoms with Crippen LogP contribution in [-0.4, -0.2) is 5.91 Å². The second kappa shape index (κ2) is 8.34. The maximum Gasteiger partial charge on any atom is 0.238 e. The van der Waals surface area contributed by atoms with Gasteiger partial charge in [0.15, 0.2) is 5.75 Å². The zero-order chi connectivity index (χ0) is 17.5. The summed E-state index contributed by atoms with van der Waals surface area (Å²) in [5, 5.41) is 11.4. The molecule has 1 saturated carbocycles. The Kier molecular flexibility index (Phi) is 5.69. The summed E-state index contributed by atoms with van der Waals surface area (Å²) in [5.74, 6) is 1.64. The maximum absolute atomic E-state index is 11.7. The zero-order valence-corrected chi connectivity index (χ0v) is 14.2. The minimum atomic E-state index is -0.334. The van der Waals surface area contributed by atoms with Crippen LogP contribution in [0.3, 0.4) is 0 Å². The van der Waals surface area contributed by atoms with Crippen LogP contribution in [0.15, 0.2) is 48.5 Å². The normalized spacial score (nSPS) is 14.5. The predicted molar refractivity (Wildman–Crippen MR) is 97.6 cm³/mol. The monoisotopic (exact) mass is 334 g/mol. The van der Waals surface area contributed by atoms with Crippen molar-refractivity contribution in [1.82, 2.24) is 0 Å². The SMILES string of the molecule is N#CCC(=O)Nc1ccccc1Oc1ccccc1C1CCCCC1. The highest BCUT2D eigenvalue weighted by Gasteiger charge is 2.19. The molecular weight excluding hydrogens is 312 g/mol. The molecule has 0 spiro atoms. The highest BCUT2D eigenvalue weighted by molar-refractivity contribution is 5.93. The van der Waals surface area contributed by atoms with Crippen LogP contribution < -0.4 is 10.1 Å². The molecule has 2 aromatic rings. The van der Waals surface area contributed by atoms with Gasteiger partial charge in [0, 0.05) is 0 Å². The molecule has 1 amide bonds. The summed E-state index contributed by atoms with van der Waals surface area (Å²) in [6.07, 6.45) is 6.06. The summed E-state index contributed by atoms with van der Waals surface area (Å²) < 4.78 is 6.18. The van der Waals surface area contributed by atoms with Crippen molar-refractivity contribution in [2.75, 3.05) is 5.32 Å². The van der Waals surface area contributed by atoms with Crippen molar-refractivity contribution in [2.24, 2.45) is 0 Å². The molecule has 3 rings (SSSR count). The Morgan fingerprint density at radius 1 is 1.04 bits per heavy atom. The lowest BCUT2D eigenvalue weighted by atomic mass is 9.84. The average molecular weight is 334 g/mol. The van der Waals surface area contributed by atoms with E-state index in [9.17, 15) is 4.79 Å². The van der Waals surface area contributed by atoms with Crippen LogP contribution in [0.1, 0.15) is 50.0 Å². The molecule has 1 aliphatic rings. The van der Waals surface area contributed by atoms with Gasteiger partial charge in [0.05, 0.1) is 11.8 Å². The molecule has 0 bridgehead atoms. The standard InChI is InChI=1S/C21H22N2O2/c22-15-14-21(24)23-18-11-5-7-13-20(18)25-19-12-6-4-10-17(19)16-8-2-1-3-9-16/h4-7,10-13,16H,1-3,8-9,14H2,(H,23,24). The summed E-state index contributed by atoms with van der Waals surface area (Å²) in [6.45, 7) is 0. The minimum absolute atomic E-state index is 0.174. The lowest BCUT2D eigenvalue weighted by molar-refractivity contribution is -0.115. The fraction of sp³-hybridized carbons (Fsp3) is 0.333. The Bertz CT molecular complexity index is 773. The first-order valence-electron chi connectivity index (χ1n) is 8.80. The van der Waals surface area contributed by atoms with E-state index in [2.05, 4.69) is 17.4 Å². The van der Waals surface area contributed by atoms with Crippen LogP contribution in [0.2, 0.25) is 0 Å². The Balaban J connectivity index is 1.83. The smallest absolute Gasteiger partial charge is 0.238 e. The number of carbonyl (C=O) groups excluding carboxylic acids is 1. The second-order valence-electron chi connectivity index (χ2n) is 6.35. The van der Waals surface area contributed by atoms with E-state index in [0.717, 1.165) is 5.75 Å². The Hall–Kier alpha value is -2.80. The fourth-order valence-electron chi connectivity index (χ4n) is 3.37. The molecule has 0 radical (unpaired) electrons. The number of rotatable bonds is 5. The molecule has 2 aromatic carbocycles. The zero-order valence-electron chi connectivity index (χ0n) is 14.2. The van der Waals surface area contributed by atoms with Gasteiger partial charge in [-0.2, -0.15) is 5.26 Å². The molecule has 25 heavy (non-hydrogen) atoms. The third-order valence-corrected chi connectivity index (χ3v) is 4.58. The number of nitriles is 1. The molecule has 1 fully saturated rings. The highest BCUT2D eigenvalue weighted by Crippen LogP contribution is 2.40. The quantitative estimate of drug-likeness (QED) is 0.798. The number of nitrogens with zero attached hydrogens (tertiary/aromatic N) is 1. The van der Waals surface area contributed by atoms with E-state index in [1.165, 1.54) is 37.7 Å². The van der Waals surface area contributed by atoms with E-state index in [1.807, 2.05) is 36.4 Å². The van der Waals surface area contributed by atoms with Crippen molar-refractivity contribution >= 4 is 11.6 Å². The molecule has 0 aliphatic heterocycles. The molecule has 0 atom stereocenters. The van der Waals surface area contributed by atoms with Crippen LogP contribution in [-0.2, 0) is 4.79 Å². The van der Waals surface area contributed by atoms with E-state index in [-0.39, 0.29) is 12.3 Å². The molecule has 1 aliphatic carbocycles. The second-order valence-corrected chi connectivity index (χ2v) is 6.35. The van der Waals surface area contributed by atoms with Gasteiger partial charge in [-0.1, -0.05) is 49.6 Å². The summed E-state index contributed by atoms with van der Waals surface area (Å²) >= 11 is 0. The van der Waals surface area contributed by atoms with Gasteiger partial charge in [0.25, 0.3) is 0 Å². The maximum atomic E-state index is 11.7. The highest BCUT2D eigenvalue weighted by atomic mass is 16.5. The van der Waals surface area contributed by atoms with Gasteiger partial charge in [0.1, 0.15) is 12.2 Å². The number of hydrogen-bond acceptors (Lipinski definition) is 3. The van der Waals surface area contributed by atoms with Gasteiger partial charge < -0.3 is 10.1 Å². The lowest BCUT2D eigenvalue weighted by Crippen LogP contribution is -2.11.